The minimum absolute atomic E-state index is 0.239. The molecule has 0 N–H and O–H groups in total. The van der Waals surface area contributed by atoms with Crippen LogP contribution in [0.4, 0.5) is 0 Å². The lowest BCUT2D eigenvalue weighted by atomic mass is 9.91. The van der Waals surface area contributed by atoms with E-state index in [0.29, 0.717) is 0 Å². The summed E-state index contributed by atoms with van der Waals surface area (Å²) < 4.78 is 0. The molecule has 1 fully saturated rings. The van der Waals surface area contributed by atoms with Gasteiger partial charge in [-0.1, -0.05) is 6.07 Å². The van der Waals surface area contributed by atoms with Gasteiger partial charge in [-0.05, 0) is 74.3 Å². The average Bonchev–Trinajstić information content (AvgIpc) is 2.98. The Bertz CT molecular complexity index is 363. The first-order valence-electron chi connectivity index (χ1n) is 5.73. The summed E-state index contributed by atoms with van der Waals surface area (Å²) in [5.41, 5.74) is 6.94. The van der Waals surface area contributed by atoms with Crippen LogP contribution in [0.15, 0.2) is 6.07 Å². The van der Waals surface area contributed by atoms with Gasteiger partial charge in [-0.15, -0.1) is 11.6 Å². The molecular weight excluding hydrogens is 204 g/mol. The van der Waals surface area contributed by atoms with Crippen LogP contribution in [-0.4, -0.2) is 0 Å². The summed E-state index contributed by atoms with van der Waals surface area (Å²) in [6.45, 7) is 8.77. The molecule has 0 spiro atoms. The van der Waals surface area contributed by atoms with Crippen LogP contribution >= 0.6 is 11.6 Å². The minimum atomic E-state index is 0.239. The summed E-state index contributed by atoms with van der Waals surface area (Å²) in [7, 11) is 0. The molecule has 0 saturated heterocycles. The predicted molar refractivity (Wildman–Crippen MR) is 66.7 cm³/mol. The second-order valence-corrected chi connectivity index (χ2v) is 5.38. The van der Waals surface area contributed by atoms with Gasteiger partial charge in [-0.3, -0.25) is 0 Å². The van der Waals surface area contributed by atoms with E-state index in [1.54, 1.807) is 0 Å². The Hall–Kier alpha value is -0.490. The normalized spacial score (nSPS) is 17.9. The quantitative estimate of drug-likeness (QED) is 0.641. The number of hydrogen-bond donors (Lipinski definition) is 0. The summed E-state index contributed by atoms with van der Waals surface area (Å²) in [4.78, 5) is 0. The van der Waals surface area contributed by atoms with E-state index in [1.807, 2.05) is 0 Å². The van der Waals surface area contributed by atoms with E-state index >= 15 is 0 Å². The minimum Gasteiger partial charge on any atom is -0.118 e. The van der Waals surface area contributed by atoms with Crippen LogP contribution in [0.5, 0.6) is 0 Å². The molecule has 1 heteroatoms. The molecule has 0 bridgehead atoms. The Morgan fingerprint density at radius 1 is 1.07 bits per heavy atom. The molecule has 1 aromatic carbocycles. The van der Waals surface area contributed by atoms with Crippen molar-refractivity contribution in [2.24, 2.45) is 5.92 Å². The predicted octanol–water partition coefficient (Wildman–Crippen LogP) is 4.61. The topological polar surface area (TPSA) is 0 Å². The lowest BCUT2D eigenvalue weighted by Gasteiger charge is -2.19. The van der Waals surface area contributed by atoms with Crippen LogP contribution in [0.1, 0.15) is 46.0 Å². The number of aryl methyl sites for hydroxylation is 2. The van der Waals surface area contributed by atoms with Crippen LogP contribution in [0.25, 0.3) is 0 Å². The van der Waals surface area contributed by atoms with Crippen LogP contribution in [-0.2, 0) is 0 Å². The summed E-state index contributed by atoms with van der Waals surface area (Å²) in [5, 5.41) is 0.239. The van der Waals surface area contributed by atoms with E-state index in [2.05, 4.69) is 33.8 Å². The molecule has 0 amide bonds. The molecule has 0 nitrogen and oxygen atoms in total. The van der Waals surface area contributed by atoms with Gasteiger partial charge in [0.1, 0.15) is 0 Å². The van der Waals surface area contributed by atoms with Crippen molar-refractivity contribution in [3.8, 4) is 0 Å². The highest BCUT2D eigenvalue weighted by Crippen LogP contribution is 2.47. The Morgan fingerprint density at radius 3 is 1.93 bits per heavy atom. The van der Waals surface area contributed by atoms with Crippen molar-refractivity contribution in [3.63, 3.8) is 0 Å². The third kappa shape index (κ3) is 1.92. The maximum Gasteiger partial charge on any atom is 0.0618 e. The van der Waals surface area contributed by atoms with Crippen molar-refractivity contribution in [1.29, 1.82) is 0 Å². The van der Waals surface area contributed by atoms with Gasteiger partial charge in [-0.25, -0.2) is 0 Å². The maximum absolute atomic E-state index is 6.56. The average molecular weight is 223 g/mol. The van der Waals surface area contributed by atoms with Crippen LogP contribution in [0.2, 0.25) is 0 Å². The van der Waals surface area contributed by atoms with Crippen LogP contribution in [0, 0.1) is 33.6 Å². The fourth-order valence-corrected chi connectivity index (χ4v) is 2.86. The number of halogens is 1. The molecule has 1 aliphatic carbocycles. The van der Waals surface area contributed by atoms with Gasteiger partial charge in [0, 0.05) is 0 Å². The molecule has 1 atom stereocenters. The van der Waals surface area contributed by atoms with Gasteiger partial charge in [0.25, 0.3) is 0 Å². The Labute approximate surface area is 97.6 Å². The lowest BCUT2D eigenvalue weighted by molar-refractivity contribution is 0.782. The van der Waals surface area contributed by atoms with Gasteiger partial charge in [0.05, 0.1) is 5.38 Å². The van der Waals surface area contributed by atoms with Crippen molar-refractivity contribution >= 4 is 11.6 Å². The molecule has 15 heavy (non-hydrogen) atoms. The van der Waals surface area contributed by atoms with Crippen molar-refractivity contribution < 1.29 is 0 Å². The van der Waals surface area contributed by atoms with E-state index in [0.717, 1.165) is 5.92 Å². The fraction of sp³-hybridized carbons (Fsp3) is 0.571. The SMILES string of the molecule is Cc1cc(C)c(C)c(C(Cl)C2CC2)c1C. The first-order valence-corrected chi connectivity index (χ1v) is 6.17. The Kier molecular flexibility index (Phi) is 2.81. The Morgan fingerprint density at radius 2 is 1.53 bits per heavy atom. The number of benzene rings is 1. The van der Waals surface area contributed by atoms with E-state index in [9.17, 15) is 0 Å². The molecule has 1 unspecified atom stereocenters. The summed E-state index contributed by atoms with van der Waals surface area (Å²) >= 11 is 6.56. The van der Waals surface area contributed by atoms with Crippen LogP contribution in [0.3, 0.4) is 0 Å². The van der Waals surface area contributed by atoms with Gasteiger partial charge in [-0.2, -0.15) is 0 Å². The van der Waals surface area contributed by atoms with Crippen molar-refractivity contribution in [3.05, 3.63) is 33.9 Å². The van der Waals surface area contributed by atoms with E-state index in [4.69, 9.17) is 11.6 Å². The standard InChI is InChI=1S/C14H19Cl/c1-8-7-9(2)11(4)13(10(8)3)14(15)12-5-6-12/h7,12,14H,5-6H2,1-4H3. The van der Waals surface area contributed by atoms with Crippen molar-refractivity contribution in [1.82, 2.24) is 0 Å². The summed E-state index contributed by atoms with van der Waals surface area (Å²) in [6, 6.07) is 2.27. The van der Waals surface area contributed by atoms with Crippen LogP contribution < -0.4 is 0 Å². The highest BCUT2D eigenvalue weighted by molar-refractivity contribution is 6.21. The second kappa shape index (κ2) is 3.83. The second-order valence-electron chi connectivity index (χ2n) is 4.91. The zero-order valence-electron chi connectivity index (χ0n) is 10.0. The van der Waals surface area contributed by atoms with Gasteiger partial charge < -0.3 is 0 Å². The number of alkyl halides is 1. The maximum atomic E-state index is 6.56. The monoisotopic (exact) mass is 222 g/mol. The molecular formula is C14H19Cl. The zero-order valence-corrected chi connectivity index (χ0v) is 10.8. The van der Waals surface area contributed by atoms with Crippen molar-refractivity contribution in [2.75, 3.05) is 0 Å². The van der Waals surface area contributed by atoms with Gasteiger partial charge >= 0.3 is 0 Å². The third-order valence-electron chi connectivity index (χ3n) is 3.74. The highest BCUT2D eigenvalue weighted by atomic mass is 35.5. The molecule has 0 heterocycles. The molecule has 1 aromatic rings. The molecule has 1 saturated carbocycles. The van der Waals surface area contributed by atoms with Gasteiger partial charge in [0.2, 0.25) is 0 Å². The molecule has 2 rings (SSSR count). The zero-order chi connectivity index (χ0) is 11.2. The van der Waals surface area contributed by atoms with E-state index < -0.39 is 0 Å². The van der Waals surface area contributed by atoms with E-state index in [-0.39, 0.29) is 5.38 Å². The smallest absolute Gasteiger partial charge is 0.0618 e. The molecule has 1 aliphatic rings. The molecule has 0 radical (unpaired) electrons. The molecule has 0 aromatic heterocycles. The first kappa shape index (κ1) is 11.0. The molecule has 82 valence electrons. The fourth-order valence-electron chi connectivity index (χ4n) is 2.29. The summed E-state index contributed by atoms with van der Waals surface area (Å²) in [6.07, 6.45) is 2.61. The largest absolute Gasteiger partial charge is 0.118 e. The van der Waals surface area contributed by atoms with Crippen molar-refractivity contribution in [2.45, 2.75) is 45.9 Å². The lowest BCUT2D eigenvalue weighted by Crippen LogP contribution is -2.03. The molecule has 0 aliphatic heterocycles. The van der Waals surface area contributed by atoms with E-state index in [1.165, 1.54) is 40.7 Å². The Balaban J connectivity index is 2.52. The number of hydrogen-bond acceptors (Lipinski definition) is 0. The highest BCUT2D eigenvalue weighted by Gasteiger charge is 2.32. The third-order valence-corrected chi connectivity index (χ3v) is 4.31. The summed E-state index contributed by atoms with van der Waals surface area (Å²) in [5.74, 6) is 0.727. The first-order chi connectivity index (χ1) is 7.02. The number of rotatable bonds is 2. The van der Waals surface area contributed by atoms with Gasteiger partial charge in [0.15, 0.2) is 0 Å².